The van der Waals surface area contributed by atoms with Gasteiger partial charge in [0.15, 0.2) is 0 Å². The van der Waals surface area contributed by atoms with Crippen LogP contribution in [0.2, 0.25) is 0 Å². The van der Waals surface area contributed by atoms with Crippen molar-refractivity contribution in [3.8, 4) is 11.1 Å². The van der Waals surface area contributed by atoms with Gasteiger partial charge in [-0.15, -0.1) is 0 Å². The number of aromatic nitrogens is 4. The lowest BCUT2D eigenvalue weighted by molar-refractivity contribution is 0.450. The number of aromatic amines is 1. The Balaban J connectivity index is 1.82. The second-order valence-electron chi connectivity index (χ2n) is 6.23. The van der Waals surface area contributed by atoms with E-state index in [1.807, 2.05) is 43.6 Å². The molecular formula is C17H22N6. The van der Waals surface area contributed by atoms with E-state index in [2.05, 4.69) is 31.3 Å². The van der Waals surface area contributed by atoms with Gasteiger partial charge in [0, 0.05) is 61.6 Å². The number of anilines is 1. The number of aryl methyl sites for hydroxylation is 1. The molecule has 0 aliphatic carbocycles. The summed E-state index contributed by atoms with van der Waals surface area (Å²) in [6, 6.07) is 2.68. The van der Waals surface area contributed by atoms with Crippen LogP contribution in [0.5, 0.6) is 0 Å². The quantitative estimate of drug-likeness (QED) is 0.778. The Morgan fingerprint density at radius 1 is 1.39 bits per heavy atom. The maximum atomic E-state index is 4.50. The highest BCUT2D eigenvalue weighted by Crippen LogP contribution is 2.35. The molecule has 120 valence electrons. The highest BCUT2D eigenvalue weighted by atomic mass is 15.2. The summed E-state index contributed by atoms with van der Waals surface area (Å²) in [7, 11) is 3.99. The lowest BCUT2D eigenvalue weighted by Gasteiger charge is -2.34. The predicted octanol–water partition coefficient (Wildman–Crippen LogP) is 2.15. The summed E-state index contributed by atoms with van der Waals surface area (Å²) in [5.41, 5.74) is 4.49. The number of rotatable bonds is 3. The number of piperidine rings is 1. The van der Waals surface area contributed by atoms with E-state index in [1.165, 1.54) is 29.5 Å². The lowest BCUT2D eigenvalue weighted by atomic mass is 10.0. The van der Waals surface area contributed by atoms with Gasteiger partial charge in [-0.25, -0.2) is 4.98 Å². The first-order valence-corrected chi connectivity index (χ1v) is 8.13. The van der Waals surface area contributed by atoms with Gasteiger partial charge in [-0.3, -0.25) is 4.68 Å². The largest absolute Gasteiger partial charge is 0.369 e. The van der Waals surface area contributed by atoms with Gasteiger partial charge >= 0.3 is 0 Å². The smallest absolute Gasteiger partial charge is 0.139 e. The number of H-pyrrole nitrogens is 1. The first kappa shape index (κ1) is 14.3. The van der Waals surface area contributed by atoms with Crippen LogP contribution >= 0.6 is 0 Å². The number of fused-ring (bicyclic) bond motifs is 1. The van der Waals surface area contributed by atoms with Gasteiger partial charge in [-0.05, 0) is 26.0 Å². The molecule has 2 N–H and O–H groups in total. The Bertz CT molecular complexity index is 817. The van der Waals surface area contributed by atoms with Crippen molar-refractivity contribution in [2.24, 2.45) is 7.05 Å². The van der Waals surface area contributed by atoms with Crippen molar-refractivity contribution in [3.05, 3.63) is 30.9 Å². The maximum Gasteiger partial charge on any atom is 0.139 e. The average molecular weight is 310 g/mol. The molecule has 0 amide bonds. The fourth-order valence-corrected chi connectivity index (χ4v) is 3.52. The molecule has 3 aromatic rings. The number of nitrogens with one attached hydrogen (secondary N) is 2. The minimum absolute atomic E-state index is 0.549. The van der Waals surface area contributed by atoms with Gasteiger partial charge in [0.1, 0.15) is 5.65 Å². The molecule has 23 heavy (non-hydrogen) atoms. The Morgan fingerprint density at radius 2 is 2.30 bits per heavy atom. The summed E-state index contributed by atoms with van der Waals surface area (Å²) in [5.74, 6) is 0. The van der Waals surface area contributed by atoms with Gasteiger partial charge < -0.3 is 15.2 Å². The zero-order valence-electron chi connectivity index (χ0n) is 13.6. The number of hydrogen-bond donors (Lipinski definition) is 2. The van der Waals surface area contributed by atoms with Crippen LogP contribution in [-0.4, -0.2) is 45.9 Å². The maximum absolute atomic E-state index is 4.50. The fourth-order valence-electron chi connectivity index (χ4n) is 3.52. The van der Waals surface area contributed by atoms with Crippen molar-refractivity contribution in [2.45, 2.75) is 18.9 Å². The topological polar surface area (TPSA) is 61.8 Å². The van der Waals surface area contributed by atoms with E-state index in [0.29, 0.717) is 6.04 Å². The number of hydrogen-bond acceptors (Lipinski definition) is 4. The second kappa shape index (κ2) is 5.70. The predicted molar refractivity (Wildman–Crippen MR) is 92.6 cm³/mol. The molecule has 1 saturated heterocycles. The van der Waals surface area contributed by atoms with Crippen LogP contribution < -0.4 is 10.2 Å². The van der Waals surface area contributed by atoms with Crippen molar-refractivity contribution >= 4 is 16.7 Å². The summed E-state index contributed by atoms with van der Waals surface area (Å²) in [6.45, 7) is 2.13. The third-order valence-electron chi connectivity index (χ3n) is 4.74. The minimum atomic E-state index is 0.549. The number of likely N-dealkylation sites (N-methyl/N-ethyl adjacent to an activating group) is 1. The number of nitrogens with zero attached hydrogens (tertiary/aromatic N) is 4. The van der Waals surface area contributed by atoms with Crippen molar-refractivity contribution in [2.75, 3.05) is 25.0 Å². The van der Waals surface area contributed by atoms with Crippen molar-refractivity contribution in [1.82, 2.24) is 25.1 Å². The molecular weight excluding hydrogens is 288 g/mol. The lowest BCUT2D eigenvalue weighted by Crippen LogP contribution is -2.44. The SMILES string of the molecule is CNC1CCCN(c2ccnc3[nH]cc(-c4cnn(C)c4)c23)C1. The summed E-state index contributed by atoms with van der Waals surface area (Å²) < 4.78 is 1.84. The van der Waals surface area contributed by atoms with Gasteiger partial charge in [0.25, 0.3) is 0 Å². The molecule has 0 radical (unpaired) electrons. The van der Waals surface area contributed by atoms with E-state index in [0.717, 1.165) is 24.3 Å². The third-order valence-corrected chi connectivity index (χ3v) is 4.74. The standard InChI is InChI=1S/C17H22N6/c1-18-13-4-3-7-23(11-13)15-5-6-19-17-16(15)14(9-20-17)12-8-21-22(2)10-12/h5-6,8-10,13,18H,3-4,7,11H2,1-2H3,(H,19,20). The average Bonchev–Trinajstić information content (AvgIpc) is 3.20. The summed E-state index contributed by atoms with van der Waals surface area (Å²) in [6.07, 6.45) is 10.3. The molecule has 0 aromatic carbocycles. The molecule has 4 rings (SSSR count). The molecule has 1 fully saturated rings. The summed E-state index contributed by atoms with van der Waals surface area (Å²) in [4.78, 5) is 10.3. The van der Waals surface area contributed by atoms with Gasteiger partial charge in [-0.1, -0.05) is 0 Å². The third kappa shape index (κ3) is 2.49. The first-order valence-electron chi connectivity index (χ1n) is 8.13. The van der Waals surface area contributed by atoms with Crippen LogP contribution in [0, 0.1) is 0 Å². The molecule has 0 saturated carbocycles. The van der Waals surface area contributed by atoms with Gasteiger partial charge in [0.05, 0.1) is 11.6 Å². The Kier molecular flexibility index (Phi) is 3.53. The summed E-state index contributed by atoms with van der Waals surface area (Å²) >= 11 is 0. The molecule has 6 nitrogen and oxygen atoms in total. The van der Waals surface area contributed by atoms with E-state index in [-0.39, 0.29) is 0 Å². The Morgan fingerprint density at radius 3 is 3.09 bits per heavy atom. The van der Waals surface area contributed by atoms with Gasteiger partial charge in [0.2, 0.25) is 0 Å². The van der Waals surface area contributed by atoms with Crippen LogP contribution in [0.3, 0.4) is 0 Å². The highest BCUT2D eigenvalue weighted by Gasteiger charge is 2.22. The van der Waals surface area contributed by atoms with Crippen LogP contribution in [0.4, 0.5) is 5.69 Å². The van der Waals surface area contributed by atoms with E-state index in [1.54, 1.807) is 0 Å². The van der Waals surface area contributed by atoms with E-state index in [9.17, 15) is 0 Å². The van der Waals surface area contributed by atoms with Crippen molar-refractivity contribution in [1.29, 1.82) is 0 Å². The molecule has 0 bridgehead atoms. The first-order chi connectivity index (χ1) is 11.3. The molecule has 1 aliphatic rings. The number of pyridine rings is 1. The molecule has 6 heteroatoms. The van der Waals surface area contributed by atoms with Crippen LogP contribution in [-0.2, 0) is 7.05 Å². The van der Waals surface area contributed by atoms with E-state index < -0.39 is 0 Å². The van der Waals surface area contributed by atoms with Crippen LogP contribution in [0.15, 0.2) is 30.9 Å². The van der Waals surface area contributed by atoms with Gasteiger partial charge in [-0.2, -0.15) is 5.10 Å². The fraction of sp³-hybridized carbons (Fsp3) is 0.412. The molecule has 1 aliphatic heterocycles. The van der Waals surface area contributed by atoms with Crippen molar-refractivity contribution < 1.29 is 0 Å². The van der Waals surface area contributed by atoms with E-state index >= 15 is 0 Å². The van der Waals surface area contributed by atoms with Crippen LogP contribution in [0.25, 0.3) is 22.2 Å². The minimum Gasteiger partial charge on any atom is -0.369 e. The van der Waals surface area contributed by atoms with E-state index in [4.69, 9.17) is 0 Å². The molecule has 0 spiro atoms. The Labute approximate surface area is 135 Å². The van der Waals surface area contributed by atoms with Crippen molar-refractivity contribution in [3.63, 3.8) is 0 Å². The normalized spacial score (nSPS) is 18.7. The molecule has 3 aromatic heterocycles. The Hall–Kier alpha value is -2.34. The highest BCUT2D eigenvalue weighted by molar-refractivity contribution is 6.02. The summed E-state index contributed by atoms with van der Waals surface area (Å²) in [5, 5.41) is 8.91. The van der Waals surface area contributed by atoms with Crippen LogP contribution in [0.1, 0.15) is 12.8 Å². The molecule has 1 unspecified atom stereocenters. The molecule has 4 heterocycles. The second-order valence-corrected chi connectivity index (χ2v) is 6.23. The monoisotopic (exact) mass is 310 g/mol. The molecule has 1 atom stereocenters. The zero-order chi connectivity index (χ0) is 15.8. The zero-order valence-corrected chi connectivity index (χ0v) is 13.6.